The Morgan fingerprint density at radius 3 is 2.80 bits per heavy atom. The maximum absolute atomic E-state index is 6.42. The molecule has 0 aromatic heterocycles. The Morgan fingerprint density at radius 1 is 1.15 bits per heavy atom. The highest BCUT2D eigenvalue weighted by Gasteiger charge is 2.19. The number of nitrogens with two attached hydrogens (primary N) is 1. The molecule has 20 heavy (non-hydrogen) atoms. The summed E-state index contributed by atoms with van der Waals surface area (Å²) < 4.78 is 5.78. The number of halogens is 1. The Morgan fingerprint density at radius 2 is 2.00 bits per heavy atom. The largest absolute Gasteiger partial charge is 0.491 e. The smallest absolute Gasteiger partial charge is 0.142 e. The highest BCUT2D eigenvalue weighted by Crippen LogP contribution is 2.39. The number of hydrogen-bond acceptors (Lipinski definition) is 3. The van der Waals surface area contributed by atoms with Gasteiger partial charge in [0.05, 0.1) is 23.0 Å². The third kappa shape index (κ3) is 2.47. The summed E-state index contributed by atoms with van der Waals surface area (Å²) in [4.78, 5) is 2.21. The zero-order valence-electron chi connectivity index (χ0n) is 11.2. The van der Waals surface area contributed by atoms with Gasteiger partial charge in [-0.3, -0.25) is 0 Å². The Kier molecular flexibility index (Phi) is 3.81. The third-order valence-corrected chi connectivity index (χ3v) is 3.78. The van der Waals surface area contributed by atoms with E-state index in [0.29, 0.717) is 6.54 Å². The van der Waals surface area contributed by atoms with Crippen LogP contribution in [0.1, 0.15) is 12.0 Å². The van der Waals surface area contributed by atoms with E-state index in [1.165, 1.54) is 0 Å². The van der Waals surface area contributed by atoms with Crippen molar-refractivity contribution in [2.75, 3.05) is 18.1 Å². The summed E-state index contributed by atoms with van der Waals surface area (Å²) in [6.45, 7) is 2.12. The van der Waals surface area contributed by atoms with E-state index in [1.807, 2.05) is 36.4 Å². The summed E-state index contributed by atoms with van der Waals surface area (Å²) in [6, 6.07) is 14.1. The molecule has 3 rings (SSSR count). The average Bonchev–Trinajstić information content (AvgIpc) is 2.69. The van der Waals surface area contributed by atoms with Crippen molar-refractivity contribution < 1.29 is 4.74 Å². The predicted molar refractivity (Wildman–Crippen MR) is 82.9 cm³/mol. The van der Waals surface area contributed by atoms with Crippen molar-refractivity contribution in [2.45, 2.75) is 13.0 Å². The van der Waals surface area contributed by atoms with Gasteiger partial charge in [0, 0.05) is 13.1 Å². The van der Waals surface area contributed by atoms with Crippen molar-refractivity contribution in [1.29, 1.82) is 0 Å². The number of hydrogen-bond donors (Lipinski definition) is 1. The van der Waals surface area contributed by atoms with Crippen LogP contribution in [0.15, 0.2) is 42.5 Å². The molecular weight excluding hydrogens is 272 g/mol. The average molecular weight is 289 g/mol. The van der Waals surface area contributed by atoms with Crippen LogP contribution < -0.4 is 15.4 Å². The van der Waals surface area contributed by atoms with Gasteiger partial charge in [-0.15, -0.1) is 0 Å². The van der Waals surface area contributed by atoms with Gasteiger partial charge in [0.2, 0.25) is 0 Å². The van der Waals surface area contributed by atoms with Gasteiger partial charge < -0.3 is 15.4 Å². The molecule has 2 aromatic rings. The van der Waals surface area contributed by atoms with Crippen molar-refractivity contribution in [1.82, 2.24) is 0 Å². The molecule has 0 aliphatic carbocycles. The highest BCUT2D eigenvalue weighted by molar-refractivity contribution is 6.33. The summed E-state index contributed by atoms with van der Waals surface area (Å²) in [5, 5.41) is 0.727. The molecule has 4 heteroatoms. The Bertz CT molecular complexity index is 615. The molecule has 0 fully saturated rings. The van der Waals surface area contributed by atoms with Gasteiger partial charge in [-0.05, 0) is 36.2 Å². The fourth-order valence-corrected chi connectivity index (χ4v) is 2.78. The first kappa shape index (κ1) is 13.3. The van der Waals surface area contributed by atoms with Crippen LogP contribution in [0.5, 0.6) is 5.75 Å². The number of para-hydroxylation sites is 2. The second-order valence-electron chi connectivity index (χ2n) is 4.81. The van der Waals surface area contributed by atoms with E-state index in [0.717, 1.165) is 47.3 Å². The lowest BCUT2D eigenvalue weighted by Crippen LogP contribution is -2.18. The maximum atomic E-state index is 6.42. The van der Waals surface area contributed by atoms with E-state index >= 15 is 0 Å². The minimum absolute atomic E-state index is 0.500. The molecule has 0 spiro atoms. The van der Waals surface area contributed by atoms with Crippen LogP contribution in [-0.2, 0) is 6.54 Å². The molecule has 2 N–H and O–H groups in total. The van der Waals surface area contributed by atoms with Gasteiger partial charge >= 0.3 is 0 Å². The fourth-order valence-electron chi connectivity index (χ4n) is 2.47. The number of ether oxygens (including phenoxy) is 1. The Labute approximate surface area is 123 Å². The molecular formula is C16H17ClN2O. The minimum atomic E-state index is 0.500. The highest BCUT2D eigenvalue weighted by atomic mass is 35.5. The van der Waals surface area contributed by atoms with Crippen LogP contribution in [0.25, 0.3) is 0 Å². The first-order valence-corrected chi connectivity index (χ1v) is 7.15. The van der Waals surface area contributed by atoms with Crippen molar-refractivity contribution in [3.05, 3.63) is 53.1 Å². The SMILES string of the molecule is NCc1ccc(N2CCCOc3ccccc32)c(Cl)c1. The molecule has 2 aromatic carbocycles. The van der Waals surface area contributed by atoms with E-state index in [1.54, 1.807) is 0 Å². The van der Waals surface area contributed by atoms with Gasteiger partial charge in [0.25, 0.3) is 0 Å². The Balaban J connectivity index is 2.05. The number of fused-ring (bicyclic) bond motifs is 1. The quantitative estimate of drug-likeness (QED) is 0.915. The van der Waals surface area contributed by atoms with E-state index in [4.69, 9.17) is 22.1 Å². The first-order valence-electron chi connectivity index (χ1n) is 6.77. The molecule has 0 amide bonds. The van der Waals surface area contributed by atoms with E-state index in [2.05, 4.69) is 11.0 Å². The van der Waals surface area contributed by atoms with Crippen LogP contribution in [0.3, 0.4) is 0 Å². The lowest BCUT2D eigenvalue weighted by molar-refractivity contribution is 0.322. The van der Waals surface area contributed by atoms with Crippen molar-refractivity contribution in [3.63, 3.8) is 0 Å². The number of benzene rings is 2. The van der Waals surface area contributed by atoms with E-state index in [-0.39, 0.29) is 0 Å². The molecule has 104 valence electrons. The summed E-state index contributed by atoms with van der Waals surface area (Å²) in [5.41, 5.74) is 8.76. The van der Waals surface area contributed by atoms with Gasteiger partial charge in [0.1, 0.15) is 5.75 Å². The summed E-state index contributed by atoms with van der Waals surface area (Å²) in [5.74, 6) is 0.906. The normalized spacial score (nSPS) is 14.4. The standard InChI is InChI=1S/C16H17ClN2O/c17-13-10-12(11-18)6-7-14(13)19-8-3-9-20-16-5-2-1-4-15(16)19/h1-2,4-7,10H,3,8-9,11,18H2. The number of nitrogens with zero attached hydrogens (tertiary/aromatic N) is 1. The first-order chi connectivity index (χ1) is 9.79. The summed E-state index contributed by atoms with van der Waals surface area (Å²) in [6.07, 6.45) is 0.962. The van der Waals surface area contributed by atoms with Crippen LogP contribution in [0.2, 0.25) is 5.02 Å². The monoisotopic (exact) mass is 288 g/mol. The van der Waals surface area contributed by atoms with Crippen molar-refractivity contribution in [2.24, 2.45) is 5.73 Å². The molecule has 0 unspecified atom stereocenters. The van der Waals surface area contributed by atoms with Crippen LogP contribution in [-0.4, -0.2) is 13.2 Å². The zero-order valence-corrected chi connectivity index (χ0v) is 11.9. The minimum Gasteiger partial charge on any atom is -0.491 e. The third-order valence-electron chi connectivity index (χ3n) is 3.48. The van der Waals surface area contributed by atoms with Crippen LogP contribution >= 0.6 is 11.6 Å². The molecule has 0 radical (unpaired) electrons. The molecule has 0 saturated heterocycles. The summed E-state index contributed by atoms with van der Waals surface area (Å²) >= 11 is 6.42. The van der Waals surface area contributed by atoms with E-state index in [9.17, 15) is 0 Å². The lowest BCUT2D eigenvalue weighted by atomic mass is 10.1. The van der Waals surface area contributed by atoms with Gasteiger partial charge in [-0.25, -0.2) is 0 Å². The topological polar surface area (TPSA) is 38.5 Å². The second kappa shape index (κ2) is 5.73. The second-order valence-corrected chi connectivity index (χ2v) is 5.22. The molecule has 0 saturated carbocycles. The molecule has 1 aliphatic rings. The molecule has 0 bridgehead atoms. The summed E-state index contributed by atoms with van der Waals surface area (Å²) in [7, 11) is 0. The van der Waals surface area contributed by atoms with Crippen LogP contribution in [0, 0.1) is 0 Å². The fraction of sp³-hybridized carbons (Fsp3) is 0.250. The van der Waals surface area contributed by atoms with Gasteiger partial charge in [-0.1, -0.05) is 29.8 Å². The molecule has 0 atom stereocenters. The molecule has 1 aliphatic heterocycles. The molecule has 1 heterocycles. The van der Waals surface area contributed by atoms with Gasteiger partial charge in [0.15, 0.2) is 0 Å². The van der Waals surface area contributed by atoms with Gasteiger partial charge in [-0.2, -0.15) is 0 Å². The van der Waals surface area contributed by atoms with Crippen LogP contribution in [0.4, 0.5) is 11.4 Å². The van der Waals surface area contributed by atoms with Crippen molar-refractivity contribution in [3.8, 4) is 5.75 Å². The van der Waals surface area contributed by atoms with Crippen molar-refractivity contribution >= 4 is 23.0 Å². The van der Waals surface area contributed by atoms with E-state index < -0.39 is 0 Å². The number of anilines is 2. The molecule has 3 nitrogen and oxygen atoms in total. The predicted octanol–water partition coefficient (Wildman–Crippen LogP) is 3.72. The number of rotatable bonds is 2. The lowest BCUT2D eigenvalue weighted by Gasteiger charge is -2.25. The zero-order chi connectivity index (χ0) is 13.9. The Hall–Kier alpha value is -1.71. The maximum Gasteiger partial charge on any atom is 0.142 e.